The number of nitrogens with zero attached hydrogens (tertiary/aromatic N) is 1. The van der Waals surface area contributed by atoms with Crippen LogP contribution in [0.1, 0.15) is 0 Å². The molecule has 0 saturated carbocycles. The topological polar surface area (TPSA) is 64.5 Å². The van der Waals surface area contributed by atoms with Gasteiger partial charge in [-0.1, -0.05) is 0 Å². The van der Waals surface area contributed by atoms with Crippen molar-refractivity contribution in [2.45, 2.75) is 12.3 Å². The first-order valence-corrected chi connectivity index (χ1v) is 5.46. The molecular weight excluding hydrogens is 247 g/mol. The molecule has 0 amide bonds. The van der Waals surface area contributed by atoms with Gasteiger partial charge in [0, 0.05) is 12.2 Å². The Kier molecular flexibility index (Phi) is 3.25. The van der Waals surface area contributed by atoms with Gasteiger partial charge in [-0.3, -0.25) is 0 Å². The summed E-state index contributed by atoms with van der Waals surface area (Å²) in [4.78, 5) is 1.59. The third-order valence-electron chi connectivity index (χ3n) is 2.87. The van der Waals surface area contributed by atoms with E-state index in [2.05, 4.69) is 0 Å². The lowest BCUT2D eigenvalue weighted by Gasteiger charge is -2.35. The number of rotatable bonds is 1. The quantitative estimate of drug-likeness (QED) is 0.754. The molecular formula is C11H14F3N3O. The molecule has 1 fully saturated rings. The standard InChI is InChI=1S/C11H14F3N3O/c12-11(13,14)10-6-17(3-4-18-10)7-1-2-8(15)9(16)5-7/h1-2,5,10H,3-4,6,15-16H2/t10-/m1/s1. The number of nitrogen functional groups attached to an aromatic ring is 2. The van der Waals surface area contributed by atoms with Crippen LogP contribution in [0.2, 0.25) is 0 Å². The van der Waals surface area contributed by atoms with Crippen LogP contribution < -0.4 is 16.4 Å². The summed E-state index contributed by atoms with van der Waals surface area (Å²) in [5.41, 5.74) is 12.6. The molecule has 1 aliphatic heterocycles. The third-order valence-corrected chi connectivity index (χ3v) is 2.87. The number of halogens is 3. The normalized spacial score (nSPS) is 21.1. The van der Waals surface area contributed by atoms with Crippen molar-refractivity contribution in [3.05, 3.63) is 18.2 Å². The molecule has 2 rings (SSSR count). The van der Waals surface area contributed by atoms with Crippen molar-refractivity contribution in [1.82, 2.24) is 0 Å². The molecule has 1 heterocycles. The molecule has 1 aliphatic rings. The van der Waals surface area contributed by atoms with E-state index in [1.165, 1.54) is 0 Å². The van der Waals surface area contributed by atoms with Crippen LogP contribution in [0.3, 0.4) is 0 Å². The van der Waals surface area contributed by atoms with Gasteiger partial charge in [-0.25, -0.2) is 0 Å². The smallest absolute Gasteiger partial charge is 0.397 e. The van der Waals surface area contributed by atoms with Crippen LogP contribution in [0, 0.1) is 0 Å². The van der Waals surface area contributed by atoms with Crippen LogP contribution in [0.5, 0.6) is 0 Å². The molecule has 0 bridgehead atoms. The maximum atomic E-state index is 12.6. The van der Waals surface area contributed by atoms with Gasteiger partial charge in [-0.15, -0.1) is 0 Å². The van der Waals surface area contributed by atoms with Crippen LogP contribution in [-0.2, 0) is 4.74 Å². The zero-order valence-electron chi connectivity index (χ0n) is 9.57. The van der Waals surface area contributed by atoms with E-state index in [-0.39, 0.29) is 13.2 Å². The number of anilines is 3. The average Bonchev–Trinajstić information content (AvgIpc) is 2.32. The predicted molar refractivity (Wildman–Crippen MR) is 63.3 cm³/mol. The Morgan fingerprint density at radius 3 is 2.56 bits per heavy atom. The van der Waals surface area contributed by atoms with Gasteiger partial charge in [0.25, 0.3) is 0 Å². The molecule has 0 radical (unpaired) electrons. The van der Waals surface area contributed by atoms with Gasteiger partial charge in [0.1, 0.15) is 0 Å². The lowest BCUT2D eigenvalue weighted by Crippen LogP contribution is -2.49. The Labute approximate surface area is 102 Å². The number of nitrogens with two attached hydrogens (primary N) is 2. The van der Waals surface area contributed by atoms with Crippen molar-refractivity contribution in [2.24, 2.45) is 0 Å². The van der Waals surface area contributed by atoms with Gasteiger partial charge in [0.15, 0.2) is 6.10 Å². The fourth-order valence-corrected chi connectivity index (χ4v) is 1.84. The van der Waals surface area contributed by atoms with Crippen LogP contribution in [0.25, 0.3) is 0 Å². The van der Waals surface area contributed by atoms with Gasteiger partial charge in [0.05, 0.1) is 24.5 Å². The summed E-state index contributed by atoms with van der Waals surface area (Å²) in [6, 6.07) is 4.82. The Bertz CT molecular complexity index is 436. The summed E-state index contributed by atoms with van der Waals surface area (Å²) in [6.07, 6.45) is -6.11. The third kappa shape index (κ3) is 2.61. The van der Waals surface area contributed by atoms with Crippen molar-refractivity contribution < 1.29 is 17.9 Å². The first-order chi connectivity index (χ1) is 8.38. The fourth-order valence-electron chi connectivity index (χ4n) is 1.84. The molecule has 1 saturated heterocycles. The van der Waals surface area contributed by atoms with E-state index < -0.39 is 12.3 Å². The molecule has 7 heteroatoms. The Balaban J connectivity index is 2.15. The van der Waals surface area contributed by atoms with Crippen molar-refractivity contribution in [2.75, 3.05) is 36.1 Å². The Morgan fingerprint density at radius 1 is 1.22 bits per heavy atom. The number of hydrogen-bond acceptors (Lipinski definition) is 4. The molecule has 100 valence electrons. The van der Waals surface area contributed by atoms with E-state index in [0.29, 0.717) is 23.6 Å². The second-order valence-corrected chi connectivity index (χ2v) is 4.16. The minimum Gasteiger partial charge on any atom is -0.397 e. The zero-order chi connectivity index (χ0) is 13.3. The van der Waals surface area contributed by atoms with Gasteiger partial charge in [-0.05, 0) is 18.2 Å². The van der Waals surface area contributed by atoms with Crippen molar-refractivity contribution in [3.63, 3.8) is 0 Å². The lowest BCUT2D eigenvalue weighted by molar-refractivity contribution is -0.221. The highest BCUT2D eigenvalue weighted by molar-refractivity contribution is 5.69. The molecule has 0 aliphatic carbocycles. The summed E-state index contributed by atoms with van der Waals surface area (Å²) in [5, 5.41) is 0. The second kappa shape index (κ2) is 4.56. The molecule has 0 spiro atoms. The Morgan fingerprint density at radius 2 is 1.94 bits per heavy atom. The van der Waals surface area contributed by atoms with Gasteiger partial charge < -0.3 is 21.1 Å². The first-order valence-electron chi connectivity index (χ1n) is 5.46. The molecule has 1 aromatic carbocycles. The molecule has 4 nitrogen and oxygen atoms in total. The van der Waals surface area contributed by atoms with Crippen LogP contribution in [0.15, 0.2) is 18.2 Å². The van der Waals surface area contributed by atoms with E-state index in [0.717, 1.165) is 0 Å². The van der Waals surface area contributed by atoms with E-state index in [9.17, 15) is 13.2 Å². The van der Waals surface area contributed by atoms with Crippen LogP contribution in [-0.4, -0.2) is 32.0 Å². The van der Waals surface area contributed by atoms with E-state index >= 15 is 0 Å². The maximum Gasteiger partial charge on any atom is 0.416 e. The summed E-state index contributed by atoms with van der Waals surface area (Å²) < 4.78 is 42.5. The highest BCUT2D eigenvalue weighted by atomic mass is 19.4. The monoisotopic (exact) mass is 261 g/mol. The first kappa shape index (κ1) is 12.8. The Hall–Kier alpha value is -1.63. The highest BCUT2D eigenvalue weighted by Gasteiger charge is 2.43. The van der Waals surface area contributed by atoms with Crippen molar-refractivity contribution in [1.29, 1.82) is 0 Å². The molecule has 4 N–H and O–H groups in total. The lowest BCUT2D eigenvalue weighted by atomic mass is 10.2. The largest absolute Gasteiger partial charge is 0.416 e. The van der Waals surface area contributed by atoms with E-state index in [1.54, 1.807) is 23.1 Å². The minimum atomic E-state index is -4.35. The van der Waals surface area contributed by atoms with Crippen LogP contribution in [0.4, 0.5) is 30.2 Å². The number of morpholine rings is 1. The minimum absolute atomic E-state index is 0.0362. The van der Waals surface area contributed by atoms with Gasteiger partial charge in [-0.2, -0.15) is 13.2 Å². The number of benzene rings is 1. The summed E-state index contributed by atoms with van der Waals surface area (Å²) in [5.74, 6) is 0. The molecule has 0 unspecified atom stereocenters. The average molecular weight is 261 g/mol. The number of alkyl halides is 3. The SMILES string of the molecule is Nc1ccc(N2CCO[C@@H](C(F)(F)F)C2)cc1N. The summed E-state index contributed by atoms with van der Waals surface area (Å²) >= 11 is 0. The fraction of sp³-hybridized carbons (Fsp3) is 0.455. The van der Waals surface area contributed by atoms with Crippen LogP contribution >= 0.6 is 0 Å². The predicted octanol–water partition coefficient (Wildman–Crippen LogP) is 1.62. The summed E-state index contributed by atoms with van der Waals surface area (Å²) in [7, 11) is 0. The van der Waals surface area contributed by atoms with E-state index in [4.69, 9.17) is 16.2 Å². The van der Waals surface area contributed by atoms with Crippen molar-refractivity contribution >= 4 is 17.1 Å². The second-order valence-electron chi connectivity index (χ2n) is 4.16. The molecule has 1 aromatic rings. The number of hydrogen-bond donors (Lipinski definition) is 2. The van der Waals surface area contributed by atoms with E-state index in [1.807, 2.05) is 0 Å². The van der Waals surface area contributed by atoms with Gasteiger partial charge >= 0.3 is 6.18 Å². The van der Waals surface area contributed by atoms with Crippen molar-refractivity contribution in [3.8, 4) is 0 Å². The number of ether oxygens (including phenoxy) is 1. The molecule has 0 aromatic heterocycles. The highest BCUT2D eigenvalue weighted by Crippen LogP contribution is 2.29. The molecule has 1 atom stereocenters. The maximum absolute atomic E-state index is 12.6. The summed E-state index contributed by atoms with van der Waals surface area (Å²) in [6.45, 7) is 0.206. The van der Waals surface area contributed by atoms with Gasteiger partial charge in [0.2, 0.25) is 0 Å². The molecule has 18 heavy (non-hydrogen) atoms. The zero-order valence-corrected chi connectivity index (χ0v) is 9.57.